The van der Waals surface area contributed by atoms with Crippen LogP contribution in [-0.4, -0.2) is 25.6 Å². The Morgan fingerprint density at radius 2 is 1.51 bits per heavy atom. The lowest BCUT2D eigenvalue weighted by atomic mass is 10.1. The summed E-state index contributed by atoms with van der Waals surface area (Å²) in [6, 6.07) is 33.4. The van der Waals surface area contributed by atoms with Gasteiger partial charge >= 0.3 is 5.97 Å². The first-order valence-corrected chi connectivity index (χ1v) is 12.2. The lowest BCUT2D eigenvalue weighted by Crippen LogP contribution is -2.23. The molecule has 7 heteroatoms. The van der Waals surface area contributed by atoms with Crippen LogP contribution in [0.25, 0.3) is 17.2 Å². The van der Waals surface area contributed by atoms with E-state index < -0.39 is 11.9 Å². The third-order valence-corrected chi connectivity index (χ3v) is 5.70. The third kappa shape index (κ3) is 7.57. The summed E-state index contributed by atoms with van der Waals surface area (Å²) in [4.78, 5) is 24.9. The SMILES string of the molecule is COc1cc(/C=C(\C#N)C(=O)NCc2ccccc2)ccc1OC(=O)COc1ccc(-c2ccccc2)cc1. The van der Waals surface area contributed by atoms with Gasteiger partial charge in [0.2, 0.25) is 0 Å². The minimum absolute atomic E-state index is 0.0654. The molecular weight excluding hydrogens is 492 g/mol. The topological polar surface area (TPSA) is 97.6 Å². The predicted molar refractivity (Wildman–Crippen MR) is 148 cm³/mol. The molecular formula is C32H26N2O5. The lowest BCUT2D eigenvalue weighted by Gasteiger charge is -2.11. The summed E-state index contributed by atoms with van der Waals surface area (Å²) in [5.74, 6) is -0.110. The highest BCUT2D eigenvalue weighted by Gasteiger charge is 2.14. The van der Waals surface area contributed by atoms with Crippen LogP contribution in [-0.2, 0) is 16.1 Å². The first-order valence-electron chi connectivity index (χ1n) is 12.2. The molecule has 0 heterocycles. The van der Waals surface area contributed by atoms with E-state index in [0.717, 1.165) is 16.7 Å². The largest absolute Gasteiger partial charge is 0.493 e. The van der Waals surface area contributed by atoms with Gasteiger partial charge in [-0.3, -0.25) is 4.79 Å². The Morgan fingerprint density at radius 3 is 2.18 bits per heavy atom. The van der Waals surface area contributed by atoms with Crippen molar-refractivity contribution in [1.29, 1.82) is 5.26 Å². The van der Waals surface area contributed by atoms with E-state index in [2.05, 4.69) is 5.32 Å². The van der Waals surface area contributed by atoms with Crippen LogP contribution in [0.1, 0.15) is 11.1 Å². The average Bonchev–Trinajstić information content (AvgIpc) is 2.99. The van der Waals surface area contributed by atoms with Crippen LogP contribution in [0.2, 0.25) is 0 Å². The highest BCUT2D eigenvalue weighted by molar-refractivity contribution is 6.01. The van der Waals surface area contributed by atoms with Gasteiger partial charge in [0.1, 0.15) is 17.4 Å². The van der Waals surface area contributed by atoms with Gasteiger partial charge in [0, 0.05) is 6.54 Å². The van der Waals surface area contributed by atoms with E-state index in [1.54, 1.807) is 24.3 Å². The van der Waals surface area contributed by atoms with Crippen LogP contribution in [0.15, 0.2) is 109 Å². The summed E-state index contributed by atoms with van der Waals surface area (Å²) in [5.41, 5.74) is 3.52. The molecule has 0 aromatic heterocycles. The van der Waals surface area contributed by atoms with E-state index >= 15 is 0 Å². The van der Waals surface area contributed by atoms with Gasteiger partial charge in [-0.05, 0) is 52.6 Å². The third-order valence-electron chi connectivity index (χ3n) is 5.70. The molecule has 0 aliphatic heterocycles. The van der Waals surface area contributed by atoms with Crippen molar-refractivity contribution in [1.82, 2.24) is 5.32 Å². The Balaban J connectivity index is 1.35. The number of amides is 1. The molecule has 194 valence electrons. The van der Waals surface area contributed by atoms with Gasteiger partial charge in [0.05, 0.1) is 7.11 Å². The summed E-state index contributed by atoms with van der Waals surface area (Å²) in [7, 11) is 1.43. The number of rotatable bonds is 10. The molecule has 4 aromatic rings. The molecule has 1 amide bonds. The fourth-order valence-corrected chi connectivity index (χ4v) is 3.72. The number of nitrogens with one attached hydrogen (secondary N) is 1. The predicted octanol–water partition coefficient (Wildman–Crippen LogP) is 5.57. The van der Waals surface area contributed by atoms with Crippen LogP contribution in [0, 0.1) is 11.3 Å². The molecule has 0 saturated carbocycles. The maximum atomic E-state index is 12.5. The van der Waals surface area contributed by atoms with Gasteiger partial charge in [-0.25, -0.2) is 4.79 Å². The number of hydrogen-bond acceptors (Lipinski definition) is 6. The quantitative estimate of drug-likeness (QED) is 0.128. The van der Waals surface area contributed by atoms with Crippen LogP contribution in [0.3, 0.4) is 0 Å². The van der Waals surface area contributed by atoms with Crippen LogP contribution >= 0.6 is 0 Å². The van der Waals surface area contributed by atoms with Crippen LogP contribution < -0.4 is 19.5 Å². The van der Waals surface area contributed by atoms with Gasteiger partial charge in [-0.15, -0.1) is 0 Å². The van der Waals surface area contributed by atoms with E-state index in [9.17, 15) is 14.9 Å². The summed E-state index contributed by atoms with van der Waals surface area (Å²) in [5, 5.41) is 12.2. The molecule has 7 nitrogen and oxygen atoms in total. The number of hydrogen-bond donors (Lipinski definition) is 1. The fourth-order valence-electron chi connectivity index (χ4n) is 3.72. The van der Waals surface area contributed by atoms with Crippen molar-refractivity contribution >= 4 is 18.0 Å². The molecule has 0 atom stereocenters. The molecule has 0 fully saturated rings. The highest BCUT2D eigenvalue weighted by atomic mass is 16.6. The smallest absolute Gasteiger partial charge is 0.349 e. The standard InChI is InChI=1S/C32H26N2O5/c1-37-30-19-24(18-27(20-33)32(36)34-21-23-8-4-2-5-9-23)12-17-29(30)39-31(35)22-38-28-15-13-26(14-16-28)25-10-6-3-7-11-25/h2-19H,21-22H2,1H3,(H,34,36)/b27-18+. The maximum Gasteiger partial charge on any atom is 0.349 e. The van der Waals surface area contributed by atoms with E-state index in [0.29, 0.717) is 17.9 Å². The van der Waals surface area contributed by atoms with E-state index in [1.807, 2.05) is 78.9 Å². The second kappa shape index (κ2) is 13.3. The Kier molecular flexibility index (Phi) is 9.09. The van der Waals surface area contributed by atoms with Crippen molar-refractivity contribution in [3.05, 3.63) is 120 Å². The Bertz CT molecular complexity index is 1490. The monoisotopic (exact) mass is 518 g/mol. The molecule has 4 aromatic carbocycles. The average molecular weight is 519 g/mol. The van der Waals surface area contributed by atoms with E-state index in [4.69, 9.17) is 14.2 Å². The van der Waals surface area contributed by atoms with Gasteiger partial charge in [0.15, 0.2) is 18.1 Å². The Hall–Kier alpha value is -5.35. The molecule has 0 saturated heterocycles. The van der Waals surface area contributed by atoms with Gasteiger partial charge < -0.3 is 19.5 Å². The van der Waals surface area contributed by atoms with Crippen molar-refractivity contribution in [2.24, 2.45) is 0 Å². The second-order valence-electron chi connectivity index (χ2n) is 8.40. The summed E-state index contributed by atoms with van der Waals surface area (Å²) in [6.07, 6.45) is 1.44. The number of ether oxygens (including phenoxy) is 3. The second-order valence-corrected chi connectivity index (χ2v) is 8.40. The molecule has 0 bridgehead atoms. The number of nitriles is 1. The number of nitrogens with zero attached hydrogens (tertiary/aromatic N) is 1. The number of benzene rings is 4. The highest BCUT2D eigenvalue weighted by Crippen LogP contribution is 2.29. The van der Waals surface area contributed by atoms with Crippen molar-refractivity contribution in [3.63, 3.8) is 0 Å². The normalized spacial score (nSPS) is 10.7. The van der Waals surface area contributed by atoms with E-state index in [1.165, 1.54) is 19.3 Å². The summed E-state index contributed by atoms with van der Waals surface area (Å²) >= 11 is 0. The molecule has 4 rings (SSSR count). The molecule has 39 heavy (non-hydrogen) atoms. The zero-order valence-electron chi connectivity index (χ0n) is 21.3. The molecule has 0 spiro atoms. The molecule has 1 N–H and O–H groups in total. The van der Waals surface area contributed by atoms with Gasteiger partial charge in [-0.1, -0.05) is 78.9 Å². The number of methoxy groups -OCH3 is 1. The van der Waals surface area contributed by atoms with Crippen molar-refractivity contribution < 1.29 is 23.8 Å². The first-order chi connectivity index (χ1) is 19.1. The number of carbonyl (C=O) groups excluding carboxylic acids is 2. The number of carbonyl (C=O) groups is 2. The maximum absolute atomic E-state index is 12.5. The van der Waals surface area contributed by atoms with Gasteiger partial charge in [-0.2, -0.15) is 5.26 Å². The first kappa shape index (κ1) is 26.7. The summed E-state index contributed by atoms with van der Waals surface area (Å²) < 4.78 is 16.3. The molecule has 0 unspecified atom stereocenters. The van der Waals surface area contributed by atoms with Crippen LogP contribution in [0.4, 0.5) is 0 Å². The molecule has 0 radical (unpaired) electrons. The van der Waals surface area contributed by atoms with Crippen molar-refractivity contribution in [2.75, 3.05) is 13.7 Å². The molecule has 0 aliphatic carbocycles. The lowest BCUT2D eigenvalue weighted by molar-refractivity contribution is -0.136. The fraction of sp³-hybridized carbons (Fsp3) is 0.0938. The van der Waals surface area contributed by atoms with Crippen molar-refractivity contribution in [2.45, 2.75) is 6.54 Å². The zero-order chi connectivity index (χ0) is 27.5. The Morgan fingerprint density at radius 1 is 0.846 bits per heavy atom. The summed E-state index contributed by atoms with van der Waals surface area (Å²) in [6.45, 7) is 0.00576. The zero-order valence-corrected chi connectivity index (χ0v) is 21.3. The minimum atomic E-state index is -0.610. The van der Waals surface area contributed by atoms with E-state index in [-0.39, 0.29) is 23.7 Å². The number of esters is 1. The van der Waals surface area contributed by atoms with Crippen LogP contribution in [0.5, 0.6) is 17.2 Å². The van der Waals surface area contributed by atoms with Crippen molar-refractivity contribution in [3.8, 4) is 34.4 Å². The minimum Gasteiger partial charge on any atom is -0.493 e. The molecule has 0 aliphatic rings. The Labute approximate surface area is 226 Å². The van der Waals surface area contributed by atoms with Gasteiger partial charge in [0.25, 0.3) is 5.91 Å².